The first-order valence-electron chi connectivity index (χ1n) is 0.986. The summed E-state index contributed by atoms with van der Waals surface area (Å²) in [5.74, 6) is 0. The van der Waals surface area contributed by atoms with Gasteiger partial charge in [-0.3, -0.25) is 0 Å². The second-order valence-electron chi connectivity index (χ2n) is 0.0833. The van der Waals surface area contributed by atoms with Crippen molar-refractivity contribution >= 4 is 9.24 Å². The molecular weight excluding hydrogens is 123 g/mol. The molecule has 1 unspecified atom stereocenters. The van der Waals surface area contributed by atoms with Crippen LogP contribution in [0.1, 0.15) is 0 Å². The summed E-state index contributed by atoms with van der Waals surface area (Å²) in [4.78, 5) is 0. The Kier molecular flexibility index (Phi) is 40.3. The number of hydrogen-bond donors (Lipinski definition) is 0. The first-order valence-corrected chi connectivity index (χ1v) is 3.42. The summed E-state index contributed by atoms with van der Waals surface area (Å²) >= 11 is -2.00. The van der Waals surface area contributed by atoms with E-state index in [1.807, 2.05) is 6.66 Å². The molecular formula is CH5O2PTi. The quantitative estimate of drug-likeness (QED) is 0.346. The van der Waals surface area contributed by atoms with E-state index in [9.17, 15) is 0 Å². The summed E-state index contributed by atoms with van der Waals surface area (Å²) in [5, 5.41) is 0. The van der Waals surface area contributed by atoms with E-state index in [-0.39, 0.29) is 0 Å². The number of hydrogen-bond acceptors (Lipinski definition) is 2. The summed E-state index contributed by atoms with van der Waals surface area (Å²) in [6.07, 6.45) is 0. The molecule has 1 atom stereocenters. The summed E-state index contributed by atoms with van der Waals surface area (Å²) in [6, 6.07) is 0. The monoisotopic (exact) mass is 128 g/mol. The van der Waals surface area contributed by atoms with Crippen LogP contribution >= 0.6 is 9.24 Å². The van der Waals surface area contributed by atoms with Crippen LogP contribution in [0.5, 0.6) is 0 Å². The van der Waals surface area contributed by atoms with Gasteiger partial charge in [-0.15, -0.1) is 9.24 Å². The standard InChI is InChI=1S/CH5P.2O.Ti/c1-2;;;/h2H2,1H3;;;. The van der Waals surface area contributed by atoms with Crippen molar-refractivity contribution in [3.05, 3.63) is 0 Å². The van der Waals surface area contributed by atoms with Gasteiger partial charge in [0.15, 0.2) is 0 Å². The van der Waals surface area contributed by atoms with Gasteiger partial charge >= 0.3 is 25.7 Å². The van der Waals surface area contributed by atoms with E-state index < -0.39 is 19.1 Å². The maximum atomic E-state index is 8.50. The molecule has 0 saturated heterocycles. The van der Waals surface area contributed by atoms with Crippen molar-refractivity contribution in [1.82, 2.24) is 0 Å². The Labute approximate surface area is 42.1 Å². The molecule has 0 aliphatic rings. The SMILES string of the molecule is CP.[O]=[Ti]=[O]. The Balaban J connectivity index is 0. The molecule has 0 spiro atoms. The van der Waals surface area contributed by atoms with Crippen LogP contribution in [0.4, 0.5) is 0 Å². The summed E-state index contributed by atoms with van der Waals surface area (Å²) in [5.41, 5.74) is 0. The Bertz CT molecular complexity index is 30.6. The third-order valence-corrected chi connectivity index (χ3v) is 0. The third-order valence-electron chi connectivity index (χ3n) is 0. The van der Waals surface area contributed by atoms with Crippen molar-refractivity contribution in [1.29, 1.82) is 0 Å². The predicted molar refractivity (Wildman–Crippen MR) is 17.0 cm³/mol. The van der Waals surface area contributed by atoms with Crippen molar-refractivity contribution in [2.45, 2.75) is 0 Å². The zero-order valence-corrected chi connectivity index (χ0v) is 5.61. The summed E-state index contributed by atoms with van der Waals surface area (Å²) in [7, 11) is 2.42. The Morgan fingerprint density at radius 1 is 1.40 bits per heavy atom. The molecule has 5 heavy (non-hydrogen) atoms. The normalized spacial score (nSPS) is 2.80. The van der Waals surface area contributed by atoms with Gasteiger partial charge < -0.3 is 0 Å². The molecule has 0 heterocycles. The van der Waals surface area contributed by atoms with Crippen LogP contribution in [-0.2, 0) is 25.7 Å². The Morgan fingerprint density at radius 2 is 1.40 bits per heavy atom. The second kappa shape index (κ2) is 21.9. The van der Waals surface area contributed by atoms with Gasteiger partial charge in [0.05, 0.1) is 0 Å². The van der Waals surface area contributed by atoms with E-state index in [0.717, 1.165) is 0 Å². The van der Waals surface area contributed by atoms with E-state index in [4.69, 9.17) is 6.65 Å². The van der Waals surface area contributed by atoms with Crippen LogP contribution in [0.3, 0.4) is 0 Å². The summed E-state index contributed by atoms with van der Waals surface area (Å²) in [6.45, 7) is 1.92. The van der Waals surface area contributed by atoms with E-state index in [1.54, 1.807) is 0 Å². The van der Waals surface area contributed by atoms with Gasteiger partial charge in [-0.1, -0.05) is 6.66 Å². The van der Waals surface area contributed by atoms with Crippen molar-refractivity contribution in [3.8, 4) is 0 Å². The van der Waals surface area contributed by atoms with Crippen LogP contribution in [0.15, 0.2) is 0 Å². The van der Waals surface area contributed by atoms with Gasteiger partial charge in [-0.25, -0.2) is 0 Å². The molecule has 0 N–H and O–H groups in total. The fourth-order valence-electron chi connectivity index (χ4n) is 0. The van der Waals surface area contributed by atoms with Gasteiger partial charge in [-0.2, -0.15) is 0 Å². The van der Waals surface area contributed by atoms with E-state index in [2.05, 4.69) is 9.24 Å². The van der Waals surface area contributed by atoms with Crippen LogP contribution in [0.25, 0.3) is 0 Å². The van der Waals surface area contributed by atoms with Gasteiger partial charge in [0.1, 0.15) is 0 Å². The van der Waals surface area contributed by atoms with Crippen LogP contribution in [0.2, 0.25) is 0 Å². The first kappa shape index (κ1) is 9.22. The molecule has 0 fully saturated rings. The van der Waals surface area contributed by atoms with E-state index in [0.29, 0.717) is 0 Å². The minimum absolute atomic E-state index is 1.92. The molecule has 0 saturated carbocycles. The molecule has 0 radical (unpaired) electrons. The molecule has 0 aromatic carbocycles. The molecule has 0 aromatic rings. The molecule has 0 aliphatic heterocycles. The molecule has 0 bridgehead atoms. The topological polar surface area (TPSA) is 34.1 Å². The van der Waals surface area contributed by atoms with Gasteiger partial charge in [-0.05, 0) is 0 Å². The molecule has 0 aromatic heterocycles. The molecule has 0 amide bonds. The fraction of sp³-hybridized carbons (Fsp3) is 1.00. The van der Waals surface area contributed by atoms with Crippen molar-refractivity contribution in [2.75, 3.05) is 6.66 Å². The second-order valence-corrected chi connectivity index (χ2v) is 0.344. The average Bonchev–Trinajstić information content (AvgIpc) is 1.46. The molecule has 2 nitrogen and oxygen atoms in total. The van der Waals surface area contributed by atoms with E-state index in [1.165, 1.54) is 0 Å². The first-order chi connectivity index (χ1) is 2.41. The van der Waals surface area contributed by atoms with Gasteiger partial charge in [0.25, 0.3) is 0 Å². The fourth-order valence-corrected chi connectivity index (χ4v) is 0. The average molecular weight is 128 g/mol. The van der Waals surface area contributed by atoms with Crippen LogP contribution in [-0.4, -0.2) is 6.66 Å². The molecule has 0 rings (SSSR count). The van der Waals surface area contributed by atoms with Crippen LogP contribution < -0.4 is 0 Å². The van der Waals surface area contributed by atoms with Gasteiger partial charge in [0.2, 0.25) is 0 Å². The van der Waals surface area contributed by atoms with Crippen molar-refractivity contribution in [2.24, 2.45) is 0 Å². The minimum atomic E-state index is -2.00. The van der Waals surface area contributed by atoms with Crippen LogP contribution in [0, 0.1) is 0 Å². The van der Waals surface area contributed by atoms with E-state index >= 15 is 0 Å². The molecule has 30 valence electrons. The summed E-state index contributed by atoms with van der Waals surface area (Å²) < 4.78 is 17.0. The Hall–Kier alpha value is 0.744. The van der Waals surface area contributed by atoms with Crippen molar-refractivity contribution < 1.29 is 25.7 Å². The predicted octanol–water partition coefficient (Wildman–Crippen LogP) is 0.251. The molecule has 0 aliphatic carbocycles. The van der Waals surface area contributed by atoms with Crippen molar-refractivity contribution in [3.63, 3.8) is 0 Å². The maximum absolute atomic E-state index is 8.50. The molecule has 4 heteroatoms. The third kappa shape index (κ3) is 64.5. The zero-order valence-electron chi connectivity index (χ0n) is 2.89. The number of rotatable bonds is 0. The van der Waals surface area contributed by atoms with Gasteiger partial charge in [0, 0.05) is 0 Å². The zero-order chi connectivity index (χ0) is 4.71. The Morgan fingerprint density at radius 3 is 1.40 bits per heavy atom.